The van der Waals surface area contributed by atoms with E-state index in [0.29, 0.717) is 17.7 Å². The maximum Gasteiger partial charge on any atom is 0.293 e. The first-order chi connectivity index (χ1) is 8.13. The Morgan fingerprint density at radius 1 is 1.53 bits per heavy atom. The quantitative estimate of drug-likeness (QED) is 0.360. The summed E-state index contributed by atoms with van der Waals surface area (Å²) in [5, 5.41) is 21.4. The Hall–Kier alpha value is -2.04. The number of hydrogen-bond donors (Lipinski definition) is 2. The van der Waals surface area contributed by atoms with Crippen LogP contribution in [0.4, 0.5) is 0 Å². The lowest BCUT2D eigenvalue weighted by Crippen LogP contribution is -2.11. The highest BCUT2D eigenvalue weighted by molar-refractivity contribution is 6.00. The molecule has 5 heteroatoms. The molecule has 1 saturated carbocycles. The van der Waals surface area contributed by atoms with Gasteiger partial charge in [0.2, 0.25) is 0 Å². The van der Waals surface area contributed by atoms with Gasteiger partial charge in [0.25, 0.3) is 6.47 Å². The number of nitrogens with zero attached hydrogens (tertiary/aromatic N) is 1. The third-order valence-electron chi connectivity index (χ3n) is 3.04. The standard InChI is InChI=1S/C12H13NO4/c1-8(13-16)10-6-9(2-3-11(10)15)12(4-5-12)17-7-14/h2-3,6-7,15-16H,4-5H2,1H3. The monoisotopic (exact) mass is 235 g/mol. The Morgan fingerprint density at radius 2 is 2.24 bits per heavy atom. The number of phenolic OH excluding ortho intramolecular Hbond substituents is 1. The first kappa shape index (κ1) is 11.4. The van der Waals surface area contributed by atoms with E-state index >= 15 is 0 Å². The Balaban J connectivity index is 2.41. The van der Waals surface area contributed by atoms with Crippen molar-refractivity contribution < 1.29 is 19.8 Å². The summed E-state index contributed by atoms with van der Waals surface area (Å²) in [6, 6.07) is 4.90. The third kappa shape index (κ3) is 1.95. The van der Waals surface area contributed by atoms with Gasteiger partial charge in [-0.05, 0) is 37.5 Å². The third-order valence-corrected chi connectivity index (χ3v) is 3.04. The van der Waals surface area contributed by atoms with Gasteiger partial charge in [0.1, 0.15) is 11.4 Å². The molecule has 5 nitrogen and oxygen atoms in total. The van der Waals surface area contributed by atoms with Crippen LogP contribution in [0, 0.1) is 0 Å². The second-order valence-electron chi connectivity index (χ2n) is 4.13. The van der Waals surface area contributed by atoms with Gasteiger partial charge in [-0.3, -0.25) is 4.79 Å². The number of rotatable bonds is 4. The molecule has 1 aliphatic carbocycles. The van der Waals surface area contributed by atoms with E-state index in [9.17, 15) is 9.90 Å². The van der Waals surface area contributed by atoms with E-state index in [1.165, 1.54) is 6.07 Å². The van der Waals surface area contributed by atoms with Gasteiger partial charge in [-0.15, -0.1) is 0 Å². The van der Waals surface area contributed by atoms with E-state index in [1.807, 2.05) is 0 Å². The highest BCUT2D eigenvalue weighted by atomic mass is 16.5. The minimum absolute atomic E-state index is 0.0333. The Labute approximate surface area is 98.3 Å². The van der Waals surface area contributed by atoms with Crippen molar-refractivity contribution in [3.05, 3.63) is 29.3 Å². The molecule has 1 fully saturated rings. The predicted octanol–water partition coefficient (Wildman–Crippen LogP) is 1.75. The largest absolute Gasteiger partial charge is 0.507 e. The predicted molar refractivity (Wildman–Crippen MR) is 60.2 cm³/mol. The van der Waals surface area contributed by atoms with Crippen LogP contribution in [0.1, 0.15) is 30.9 Å². The first-order valence-corrected chi connectivity index (χ1v) is 5.27. The van der Waals surface area contributed by atoms with Gasteiger partial charge in [0.15, 0.2) is 0 Å². The van der Waals surface area contributed by atoms with Gasteiger partial charge >= 0.3 is 0 Å². The van der Waals surface area contributed by atoms with Crippen LogP contribution in [0.15, 0.2) is 23.4 Å². The fourth-order valence-corrected chi connectivity index (χ4v) is 1.84. The fraction of sp³-hybridized carbons (Fsp3) is 0.333. The number of hydrogen-bond acceptors (Lipinski definition) is 5. The lowest BCUT2D eigenvalue weighted by atomic mass is 10.0. The van der Waals surface area contributed by atoms with Gasteiger partial charge in [0, 0.05) is 5.56 Å². The molecule has 0 heterocycles. The molecule has 2 rings (SSSR count). The van der Waals surface area contributed by atoms with Crippen molar-refractivity contribution in [2.75, 3.05) is 0 Å². The highest BCUT2D eigenvalue weighted by Gasteiger charge is 2.47. The van der Waals surface area contributed by atoms with E-state index in [4.69, 9.17) is 9.94 Å². The molecule has 0 spiro atoms. The maximum atomic E-state index is 10.4. The Kier molecular flexibility index (Phi) is 2.75. The minimum atomic E-state index is -0.556. The Morgan fingerprint density at radius 3 is 2.76 bits per heavy atom. The van der Waals surface area contributed by atoms with Gasteiger partial charge < -0.3 is 15.1 Å². The summed E-state index contributed by atoms with van der Waals surface area (Å²) in [6.07, 6.45) is 1.54. The normalized spacial score (nSPS) is 17.6. The van der Waals surface area contributed by atoms with E-state index in [1.54, 1.807) is 19.1 Å². The molecule has 0 aromatic heterocycles. The van der Waals surface area contributed by atoms with Crippen molar-refractivity contribution in [3.63, 3.8) is 0 Å². The number of benzene rings is 1. The van der Waals surface area contributed by atoms with Crippen LogP contribution < -0.4 is 0 Å². The van der Waals surface area contributed by atoms with Gasteiger partial charge in [-0.1, -0.05) is 11.2 Å². The van der Waals surface area contributed by atoms with E-state index in [2.05, 4.69) is 5.16 Å². The minimum Gasteiger partial charge on any atom is -0.507 e. The molecule has 1 aromatic rings. The van der Waals surface area contributed by atoms with Crippen LogP contribution in [0.5, 0.6) is 5.75 Å². The van der Waals surface area contributed by atoms with Crippen LogP contribution >= 0.6 is 0 Å². The summed E-state index contributed by atoms with van der Waals surface area (Å²) in [5.41, 5.74) is 0.998. The molecule has 90 valence electrons. The van der Waals surface area contributed by atoms with E-state index in [-0.39, 0.29) is 5.75 Å². The van der Waals surface area contributed by atoms with Gasteiger partial charge in [0.05, 0.1) is 5.71 Å². The molecule has 0 saturated heterocycles. The SMILES string of the molecule is CC(=NO)c1cc(C2(OC=O)CC2)ccc1O. The smallest absolute Gasteiger partial charge is 0.293 e. The zero-order valence-electron chi connectivity index (χ0n) is 9.38. The van der Waals surface area contributed by atoms with E-state index < -0.39 is 5.60 Å². The van der Waals surface area contributed by atoms with Gasteiger partial charge in [-0.25, -0.2) is 0 Å². The molecule has 0 aliphatic heterocycles. The van der Waals surface area contributed by atoms with Crippen molar-refractivity contribution in [1.29, 1.82) is 0 Å². The zero-order valence-corrected chi connectivity index (χ0v) is 9.38. The van der Waals surface area contributed by atoms with Crippen LogP contribution in [0.25, 0.3) is 0 Å². The fourth-order valence-electron chi connectivity index (χ4n) is 1.84. The molecule has 17 heavy (non-hydrogen) atoms. The summed E-state index contributed by atoms with van der Waals surface area (Å²) >= 11 is 0. The molecule has 0 atom stereocenters. The summed E-state index contributed by atoms with van der Waals surface area (Å²) < 4.78 is 5.07. The number of phenols is 1. The average Bonchev–Trinajstić information content (AvgIpc) is 3.10. The number of aromatic hydroxyl groups is 1. The van der Waals surface area contributed by atoms with Crippen molar-refractivity contribution in [2.24, 2.45) is 5.16 Å². The molecule has 1 aromatic carbocycles. The summed E-state index contributed by atoms with van der Waals surface area (Å²) in [6.45, 7) is 2.02. The van der Waals surface area contributed by atoms with Crippen molar-refractivity contribution in [1.82, 2.24) is 0 Å². The molecule has 0 radical (unpaired) electrons. The number of carbonyl (C=O) groups is 1. The molecule has 0 unspecified atom stereocenters. The summed E-state index contributed by atoms with van der Waals surface area (Å²) in [5.74, 6) is 0.0333. The van der Waals surface area contributed by atoms with Crippen molar-refractivity contribution in [3.8, 4) is 5.75 Å². The zero-order chi connectivity index (χ0) is 12.5. The molecule has 0 bridgehead atoms. The lowest BCUT2D eigenvalue weighted by Gasteiger charge is -2.15. The van der Waals surface area contributed by atoms with Crippen molar-refractivity contribution >= 4 is 12.2 Å². The summed E-state index contributed by atoms with van der Waals surface area (Å²) in [7, 11) is 0. The molecule has 1 aliphatic rings. The first-order valence-electron chi connectivity index (χ1n) is 5.27. The molecular weight excluding hydrogens is 222 g/mol. The van der Waals surface area contributed by atoms with Crippen LogP contribution in [0.2, 0.25) is 0 Å². The number of ether oxygens (including phenoxy) is 1. The highest BCUT2D eigenvalue weighted by Crippen LogP contribution is 2.49. The topological polar surface area (TPSA) is 79.1 Å². The molecular formula is C12H13NO4. The number of oxime groups is 1. The van der Waals surface area contributed by atoms with Crippen LogP contribution in [-0.2, 0) is 15.1 Å². The van der Waals surface area contributed by atoms with Crippen LogP contribution in [-0.4, -0.2) is 22.5 Å². The van der Waals surface area contributed by atoms with Crippen LogP contribution in [0.3, 0.4) is 0 Å². The maximum absolute atomic E-state index is 10.4. The molecule has 0 amide bonds. The van der Waals surface area contributed by atoms with Crippen molar-refractivity contribution in [2.45, 2.75) is 25.4 Å². The lowest BCUT2D eigenvalue weighted by molar-refractivity contribution is -0.136. The van der Waals surface area contributed by atoms with E-state index in [0.717, 1.165) is 18.4 Å². The van der Waals surface area contributed by atoms with Gasteiger partial charge in [-0.2, -0.15) is 0 Å². The second-order valence-corrected chi connectivity index (χ2v) is 4.13. The second kappa shape index (κ2) is 4.08. The average molecular weight is 235 g/mol. The Bertz CT molecular complexity index is 477. The molecule has 2 N–H and O–H groups in total. The number of carbonyl (C=O) groups excluding carboxylic acids is 1. The summed E-state index contributed by atoms with van der Waals surface area (Å²) in [4.78, 5) is 10.4.